The van der Waals surface area contributed by atoms with E-state index in [9.17, 15) is 4.79 Å². The Morgan fingerprint density at radius 3 is 3.05 bits per heavy atom. The number of carbonyl (C=O) groups is 1. The first kappa shape index (κ1) is 12.9. The smallest absolute Gasteiger partial charge is 0.253 e. The first-order chi connectivity index (χ1) is 9.74. The Morgan fingerprint density at radius 1 is 1.35 bits per heavy atom. The molecule has 5 heteroatoms. The number of nitrogens with zero attached hydrogens (tertiary/aromatic N) is 1. The summed E-state index contributed by atoms with van der Waals surface area (Å²) in [6.45, 7) is 2.53. The van der Waals surface area contributed by atoms with Gasteiger partial charge in [0.2, 0.25) is 0 Å². The van der Waals surface area contributed by atoms with Crippen LogP contribution in [0.5, 0.6) is 0 Å². The molecule has 0 fully saturated rings. The van der Waals surface area contributed by atoms with E-state index in [1.807, 2.05) is 36.6 Å². The Balaban J connectivity index is 1.72. The molecule has 0 aliphatic heterocycles. The van der Waals surface area contributed by atoms with Gasteiger partial charge >= 0.3 is 0 Å². The van der Waals surface area contributed by atoms with E-state index < -0.39 is 0 Å². The maximum atomic E-state index is 12.2. The fraction of sp³-hybridized carbons (Fsp3) is 0.200. The van der Waals surface area contributed by atoms with Crippen molar-refractivity contribution >= 4 is 28.3 Å². The summed E-state index contributed by atoms with van der Waals surface area (Å²) >= 11 is 1.71. The Hall–Kier alpha value is -2.14. The topological polar surface area (TPSA) is 57.8 Å². The molecule has 0 aliphatic carbocycles. The third-order valence-electron chi connectivity index (χ3n) is 3.11. The normalized spacial score (nSPS) is 10.8. The molecule has 0 bridgehead atoms. The van der Waals surface area contributed by atoms with Crippen molar-refractivity contribution in [3.8, 4) is 0 Å². The van der Waals surface area contributed by atoms with Crippen LogP contribution in [-0.2, 0) is 6.42 Å². The average molecular weight is 285 g/mol. The fourth-order valence-corrected chi connectivity index (χ4v) is 2.90. The van der Waals surface area contributed by atoms with Crippen LogP contribution in [0, 0.1) is 6.92 Å². The van der Waals surface area contributed by atoms with E-state index >= 15 is 0 Å². The number of thiophene rings is 1. The van der Waals surface area contributed by atoms with Crippen LogP contribution in [0.1, 0.15) is 21.1 Å². The van der Waals surface area contributed by atoms with Gasteiger partial charge in [-0.15, -0.1) is 11.3 Å². The van der Waals surface area contributed by atoms with Gasteiger partial charge in [0.25, 0.3) is 5.91 Å². The van der Waals surface area contributed by atoms with Crippen LogP contribution in [0.2, 0.25) is 0 Å². The number of aromatic nitrogens is 2. The summed E-state index contributed by atoms with van der Waals surface area (Å²) in [4.78, 5) is 21.0. The predicted octanol–water partition coefficient (Wildman–Crippen LogP) is 2.91. The highest BCUT2D eigenvalue weighted by atomic mass is 32.1. The summed E-state index contributed by atoms with van der Waals surface area (Å²) in [5.41, 5.74) is 2.25. The van der Waals surface area contributed by atoms with E-state index in [0.717, 1.165) is 23.3 Å². The monoisotopic (exact) mass is 285 g/mol. The number of aromatic amines is 1. The van der Waals surface area contributed by atoms with Crippen molar-refractivity contribution in [1.82, 2.24) is 15.3 Å². The van der Waals surface area contributed by atoms with E-state index in [1.165, 1.54) is 4.88 Å². The molecule has 20 heavy (non-hydrogen) atoms. The van der Waals surface area contributed by atoms with E-state index in [-0.39, 0.29) is 5.91 Å². The number of fused-ring (bicyclic) bond motifs is 1. The van der Waals surface area contributed by atoms with E-state index in [1.54, 1.807) is 11.3 Å². The number of carbonyl (C=O) groups excluding carboxylic acids is 1. The molecular weight excluding hydrogens is 270 g/mol. The van der Waals surface area contributed by atoms with Gasteiger partial charge < -0.3 is 10.3 Å². The quantitative estimate of drug-likeness (QED) is 0.774. The summed E-state index contributed by atoms with van der Waals surface area (Å²) in [6, 6.07) is 9.71. The zero-order valence-electron chi connectivity index (χ0n) is 11.1. The molecule has 2 heterocycles. The summed E-state index contributed by atoms with van der Waals surface area (Å²) in [7, 11) is 0. The molecule has 0 unspecified atom stereocenters. The fourth-order valence-electron chi connectivity index (χ4n) is 2.19. The van der Waals surface area contributed by atoms with Gasteiger partial charge in [0, 0.05) is 11.4 Å². The highest BCUT2D eigenvalue weighted by Crippen LogP contribution is 2.16. The lowest BCUT2D eigenvalue weighted by Crippen LogP contribution is -2.25. The largest absolute Gasteiger partial charge is 0.352 e. The zero-order valence-corrected chi connectivity index (χ0v) is 12.0. The highest BCUT2D eigenvalue weighted by Gasteiger charge is 2.12. The molecule has 0 atom stereocenters. The number of nitrogens with one attached hydrogen (secondary N) is 2. The van der Waals surface area contributed by atoms with Crippen molar-refractivity contribution in [3.63, 3.8) is 0 Å². The number of imidazole rings is 1. The van der Waals surface area contributed by atoms with Crippen molar-refractivity contribution in [3.05, 3.63) is 52.0 Å². The van der Waals surface area contributed by atoms with Crippen LogP contribution in [0.15, 0.2) is 35.7 Å². The van der Waals surface area contributed by atoms with Crippen LogP contribution in [0.3, 0.4) is 0 Å². The Labute approximate surface area is 120 Å². The standard InChI is InChI=1S/C15H15N3OS/c1-10-17-13-6-2-5-12(14(13)18-10)15(19)16-8-7-11-4-3-9-20-11/h2-6,9H,7-8H2,1H3,(H,16,19)(H,17,18). The Morgan fingerprint density at radius 2 is 2.25 bits per heavy atom. The van der Waals surface area contributed by atoms with Gasteiger partial charge in [0.05, 0.1) is 11.1 Å². The van der Waals surface area contributed by atoms with Crippen molar-refractivity contribution in [1.29, 1.82) is 0 Å². The van der Waals surface area contributed by atoms with Gasteiger partial charge in [-0.1, -0.05) is 12.1 Å². The zero-order chi connectivity index (χ0) is 13.9. The van der Waals surface area contributed by atoms with E-state index in [4.69, 9.17) is 0 Å². The Bertz CT molecular complexity index is 731. The highest BCUT2D eigenvalue weighted by molar-refractivity contribution is 7.09. The van der Waals surface area contributed by atoms with Gasteiger partial charge in [-0.2, -0.15) is 0 Å². The molecule has 3 aromatic rings. The number of rotatable bonds is 4. The molecule has 3 rings (SSSR count). The second-order valence-electron chi connectivity index (χ2n) is 4.61. The van der Waals surface area contributed by atoms with Crippen LogP contribution in [0.4, 0.5) is 0 Å². The first-order valence-electron chi connectivity index (χ1n) is 6.50. The minimum atomic E-state index is -0.0707. The molecule has 0 saturated carbocycles. The van der Waals surface area contributed by atoms with Gasteiger partial charge in [0.15, 0.2) is 0 Å². The van der Waals surface area contributed by atoms with Crippen molar-refractivity contribution in [2.75, 3.05) is 6.54 Å². The van der Waals surface area contributed by atoms with E-state index in [0.29, 0.717) is 12.1 Å². The van der Waals surface area contributed by atoms with Crippen LogP contribution < -0.4 is 5.32 Å². The lowest BCUT2D eigenvalue weighted by atomic mass is 10.1. The van der Waals surface area contributed by atoms with Gasteiger partial charge in [0.1, 0.15) is 11.3 Å². The third-order valence-corrected chi connectivity index (χ3v) is 4.05. The second kappa shape index (κ2) is 5.46. The molecule has 1 amide bonds. The number of hydrogen-bond donors (Lipinski definition) is 2. The minimum Gasteiger partial charge on any atom is -0.352 e. The maximum Gasteiger partial charge on any atom is 0.253 e. The lowest BCUT2D eigenvalue weighted by molar-refractivity contribution is 0.0955. The molecule has 2 aromatic heterocycles. The number of amides is 1. The van der Waals surface area contributed by atoms with Crippen LogP contribution in [-0.4, -0.2) is 22.4 Å². The molecule has 0 saturated heterocycles. The van der Waals surface area contributed by atoms with Crippen LogP contribution >= 0.6 is 11.3 Å². The number of H-pyrrole nitrogens is 1. The molecule has 0 radical (unpaired) electrons. The molecule has 2 N–H and O–H groups in total. The number of aryl methyl sites for hydroxylation is 1. The maximum absolute atomic E-state index is 12.2. The molecule has 0 aliphatic rings. The third kappa shape index (κ3) is 2.58. The molecule has 4 nitrogen and oxygen atoms in total. The van der Waals surface area contributed by atoms with Gasteiger partial charge in [-0.3, -0.25) is 4.79 Å². The summed E-state index contributed by atoms with van der Waals surface area (Å²) in [5, 5.41) is 5.00. The second-order valence-corrected chi connectivity index (χ2v) is 5.64. The van der Waals surface area contributed by atoms with Crippen molar-refractivity contribution in [2.45, 2.75) is 13.3 Å². The molecule has 102 valence electrons. The summed E-state index contributed by atoms with van der Waals surface area (Å²) in [6.07, 6.45) is 0.860. The number of hydrogen-bond acceptors (Lipinski definition) is 3. The predicted molar refractivity (Wildman–Crippen MR) is 81.2 cm³/mol. The van der Waals surface area contributed by atoms with Gasteiger partial charge in [-0.05, 0) is 36.9 Å². The Kier molecular flexibility index (Phi) is 3.52. The molecular formula is C15H15N3OS. The van der Waals surface area contributed by atoms with Crippen molar-refractivity contribution < 1.29 is 4.79 Å². The summed E-state index contributed by atoms with van der Waals surface area (Å²) in [5.74, 6) is 0.748. The van der Waals surface area contributed by atoms with Gasteiger partial charge in [-0.25, -0.2) is 4.98 Å². The van der Waals surface area contributed by atoms with Crippen LogP contribution in [0.25, 0.3) is 11.0 Å². The van der Waals surface area contributed by atoms with Crippen molar-refractivity contribution in [2.24, 2.45) is 0 Å². The number of benzene rings is 1. The molecule has 0 spiro atoms. The summed E-state index contributed by atoms with van der Waals surface area (Å²) < 4.78 is 0. The minimum absolute atomic E-state index is 0.0707. The molecule has 1 aromatic carbocycles. The lowest BCUT2D eigenvalue weighted by Gasteiger charge is -2.04. The first-order valence-corrected chi connectivity index (χ1v) is 7.38. The SMILES string of the molecule is Cc1nc2c(C(=O)NCCc3cccs3)cccc2[nH]1. The number of para-hydroxylation sites is 1. The van der Waals surface area contributed by atoms with E-state index in [2.05, 4.69) is 21.4 Å². The average Bonchev–Trinajstić information content (AvgIpc) is 3.05.